The Kier molecular flexibility index (Phi) is 31.6. The summed E-state index contributed by atoms with van der Waals surface area (Å²) in [5.74, 6) is -5.29. The second-order valence-electron chi connectivity index (χ2n) is 15.4. The van der Waals surface area contributed by atoms with Crippen LogP contribution in [-0.4, -0.2) is 81.7 Å². The van der Waals surface area contributed by atoms with Gasteiger partial charge in [-0.05, 0) is 81.1 Å². The van der Waals surface area contributed by atoms with Gasteiger partial charge in [0, 0.05) is 35.6 Å². The molecule has 0 saturated carbocycles. The average Bonchev–Trinajstić information content (AvgIpc) is 1.31. The number of azo groups is 2. The first kappa shape index (κ1) is 83.7. The van der Waals surface area contributed by atoms with Crippen molar-refractivity contribution in [3.8, 4) is 23.0 Å². The van der Waals surface area contributed by atoms with E-state index in [-0.39, 0.29) is 197 Å². The number of hydrogen-bond donors (Lipinski definition) is 2. The molecule has 6 aromatic carbocycles. The molecule has 48 heteroatoms. The van der Waals surface area contributed by atoms with Crippen molar-refractivity contribution in [1.29, 1.82) is 0 Å². The largest absolute Gasteiger partial charge is 3.00 e. The van der Waals surface area contributed by atoms with Crippen LogP contribution in [0.2, 0.25) is 30.9 Å². The van der Waals surface area contributed by atoms with E-state index in [0.717, 1.165) is 24.3 Å². The van der Waals surface area contributed by atoms with Crippen molar-refractivity contribution >= 4 is 189 Å². The minimum atomic E-state index is -5.54. The van der Waals surface area contributed by atoms with Gasteiger partial charge in [-0.3, -0.25) is 20.2 Å². The minimum absolute atomic E-state index is 0. The molecule has 0 aliphatic heterocycles. The van der Waals surface area contributed by atoms with E-state index in [1.54, 1.807) is 0 Å². The molecule has 2 N–H and O–H groups in total. The molecule has 8 rings (SSSR count). The van der Waals surface area contributed by atoms with Gasteiger partial charge in [0.25, 0.3) is 11.4 Å². The number of benzene rings is 6. The normalized spacial score (nSPS) is 11.4. The number of nitrogens with one attached hydrogen (secondary N) is 2. The predicted molar refractivity (Wildman–Crippen MR) is 273 cm³/mol. The molecule has 0 amide bonds. The first-order valence-corrected chi connectivity index (χ1v) is 28.4. The summed E-state index contributed by atoms with van der Waals surface area (Å²) in [4.78, 5) is 30.5. The summed E-state index contributed by atoms with van der Waals surface area (Å²) in [6.45, 7) is 0. The molecule has 2 aromatic heterocycles. The average molecular weight is 1500 g/mol. The summed E-state index contributed by atoms with van der Waals surface area (Å²) >= 11 is 35.4. The Hall–Kier alpha value is -2.31. The summed E-state index contributed by atoms with van der Waals surface area (Å²) in [6, 6.07) is 8.31. The van der Waals surface area contributed by atoms with Gasteiger partial charge in [-0.15, -0.1) is 10.2 Å². The van der Waals surface area contributed by atoms with Gasteiger partial charge in [-0.25, -0.2) is 43.6 Å². The second-order valence-corrected chi connectivity index (χ2v) is 23.0. The molecule has 0 spiro atoms. The van der Waals surface area contributed by atoms with E-state index < -0.39 is 171 Å². The Bertz CT molecular complexity index is 4380. The zero-order valence-electron chi connectivity index (χ0n) is 43.8. The number of rotatable bonds is 14. The van der Waals surface area contributed by atoms with Crippen LogP contribution in [0.25, 0.3) is 21.5 Å². The summed E-state index contributed by atoms with van der Waals surface area (Å²) < 4.78 is 143. The van der Waals surface area contributed by atoms with Gasteiger partial charge in [-0.2, -0.15) is 20.2 Å². The van der Waals surface area contributed by atoms with E-state index in [2.05, 4.69) is 51.0 Å². The molecule has 434 valence electrons. The molecule has 0 aliphatic carbocycles. The van der Waals surface area contributed by atoms with Crippen molar-refractivity contribution in [2.24, 2.45) is 20.5 Å². The minimum Gasteiger partial charge on any atom is -0.871 e. The number of nitrogens with zero attached hydrogens (tertiary/aromatic N) is 10. The zero-order chi connectivity index (χ0) is 60.9. The van der Waals surface area contributed by atoms with Crippen LogP contribution in [0.1, 0.15) is 0 Å². The van der Waals surface area contributed by atoms with Crippen molar-refractivity contribution in [3.05, 3.63) is 124 Å². The Morgan fingerprint density at radius 3 is 1.05 bits per heavy atom. The second kappa shape index (κ2) is 33.2. The van der Waals surface area contributed by atoms with Crippen molar-refractivity contribution in [2.45, 2.75) is 19.6 Å². The van der Waals surface area contributed by atoms with Crippen LogP contribution in [-0.2, 0) is 57.3 Å². The van der Waals surface area contributed by atoms with Crippen LogP contribution in [0.5, 0.6) is 23.0 Å². The first-order chi connectivity index (χ1) is 37.9. The number of aromatic nitrogens is 4. The number of hydrogen-bond acceptors (Lipinski definition) is 30. The maximum atomic E-state index is 13.5. The van der Waals surface area contributed by atoms with E-state index >= 15 is 0 Å². The van der Waals surface area contributed by atoms with Crippen LogP contribution in [0.15, 0.2) is 113 Å². The Morgan fingerprint density at radius 1 is 0.443 bits per heavy atom. The maximum absolute atomic E-state index is 13.5. The van der Waals surface area contributed by atoms with E-state index in [1.807, 2.05) is 0 Å². The van der Waals surface area contributed by atoms with Crippen molar-refractivity contribution in [1.82, 2.24) is 19.9 Å². The van der Waals surface area contributed by atoms with E-state index in [1.165, 1.54) is 0 Å². The van der Waals surface area contributed by atoms with Gasteiger partial charge in [0.2, 0.25) is 10.6 Å². The molecule has 88 heavy (non-hydrogen) atoms. The van der Waals surface area contributed by atoms with Gasteiger partial charge in [0.1, 0.15) is 50.5 Å². The van der Waals surface area contributed by atoms with Gasteiger partial charge >= 0.3 is 165 Å². The van der Waals surface area contributed by atoms with Crippen molar-refractivity contribution in [2.75, 3.05) is 10.6 Å². The predicted octanol–water partition coefficient (Wildman–Crippen LogP) is -7.76. The van der Waals surface area contributed by atoms with Crippen molar-refractivity contribution < 1.29 is 247 Å². The number of fused-ring (bicyclic) bond motifs is 2. The molecule has 0 saturated heterocycles. The summed E-state index contributed by atoms with van der Waals surface area (Å²) in [5.41, 5.74) is -5.87. The van der Waals surface area contributed by atoms with Gasteiger partial charge < -0.3 is 49.3 Å². The number of nitro groups is 2. The SMILES string of the molecule is O=[N+]([O-])c1ccc([O-])c(N=Nc2c(S(=O)(=O)[O-])cc3cc(S(=O)(=O)[O-])cc(Nc4nc(Cl)nc(Cl)c4Cl)c3c2[O-])c1.O=[N+]([O-])c1ccc([O-])c(N=Nc2c(S(=O)(=O)[O-])cc3cc(S(=O)(=O)[O-])cc(Nc4nc(Cl)nc(Cl)c4Cl)c3c2[O-])c1.[Co+3].[Na+].[Na+].[Na+].[Na+].[Na+]. The first-order valence-electron chi connectivity index (χ1n) is 20.5. The third kappa shape index (κ3) is 19.9. The monoisotopic (exact) mass is 1490 g/mol. The number of non-ortho nitro benzene ring substituents is 2. The molecule has 0 aliphatic rings. The quantitative estimate of drug-likeness (QED) is 0.0194. The van der Waals surface area contributed by atoms with Crippen LogP contribution < -0.4 is 179 Å². The topological polar surface area (TPSA) is 532 Å². The third-order valence-corrected chi connectivity index (χ3v) is 15.3. The van der Waals surface area contributed by atoms with E-state index in [0.29, 0.717) is 48.5 Å². The molecule has 0 atom stereocenters. The summed E-state index contributed by atoms with van der Waals surface area (Å²) in [5, 5.41) is 87.4. The fourth-order valence-corrected chi connectivity index (χ4v) is 10.1. The van der Waals surface area contributed by atoms with Crippen LogP contribution in [0, 0.1) is 20.2 Å². The Labute approximate surface area is 643 Å². The smallest absolute Gasteiger partial charge is 0.871 e. The molecule has 32 nitrogen and oxygen atoms in total. The summed E-state index contributed by atoms with van der Waals surface area (Å²) in [7, 11) is -21.5. The van der Waals surface area contributed by atoms with Crippen LogP contribution >= 0.6 is 69.6 Å². The van der Waals surface area contributed by atoms with E-state index in [9.17, 15) is 92.5 Å². The van der Waals surface area contributed by atoms with Gasteiger partial charge in [0.15, 0.2) is 21.9 Å². The number of nitro benzene ring substituents is 2. The standard InChI is InChI=1S/2C20H11Cl3N6O10S2.Co.5Na/c2*21-15-18(22)25-20(23)26-19(15)24-11-6-9(40(34,35)36)3-7-4-13(41(37,38)39)16(17(31)14(7)11)28-27-10-5-8(29(32)33)1-2-12(10)30;;;;;;/h2*1-6,30-31H,(H,24,25,26)(H,34,35,36)(H,37,38,39);;;;;;/q;;+3;5*+1/p-8. The fourth-order valence-electron chi connectivity index (χ4n) is 6.76. The Balaban J connectivity index is 0.000000824. The van der Waals surface area contributed by atoms with Crippen LogP contribution in [0.3, 0.4) is 0 Å². The molecule has 0 radical (unpaired) electrons. The molecule has 2 heterocycles. The molecule has 0 bridgehead atoms. The van der Waals surface area contributed by atoms with Crippen molar-refractivity contribution in [3.63, 3.8) is 0 Å². The van der Waals surface area contributed by atoms with Gasteiger partial charge in [-0.1, -0.05) is 81.5 Å². The van der Waals surface area contributed by atoms with Crippen LogP contribution in [0.4, 0.5) is 57.1 Å². The molecular weight excluding hydrogens is 1480 g/mol. The summed E-state index contributed by atoms with van der Waals surface area (Å²) in [6.07, 6.45) is 0. The Morgan fingerprint density at radius 2 is 0.761 bits per heavy atom. The van der Waals surface area contributed by atoms with Gasteiger partial charge in [0.05, 0.1) is 52.2 Å². The molecule has 0 fully saturated rings. The molecule has 0 unspecified atom stereocenters. The number of anilines is 4. The van der Waals surface area contributed by atoms with E-state index in [4.69, 9.17) is 69.6 Å². The third-order valence-electron chi connectivity index (χ3n) is 10.2. The maximum Gasteiger partial charge on any atom is 3.00 e. The number of halogens is 6. The molecule has 8 aromatic rings. The zero-order valence-corrected chi connectivity index (χ0v) is 62.6. The molecular formula is C40H14Cl6CoN12Na5O20S4. The fraction of sp³-hybridized carbons (Fsp3) is 0.